The molecule has 0 spiro atoms. The number of fused-ring (bicyclic) bond motifs is 1. The normalized spacial score (nSPS) is 16.2. The predicted octanol–water partition coefficient (Wildman–Crippen LogP) is 3.77. The lowest BCUT2D eigenvalue weighted by atomic mass is 10.1. The molecule has 0 bridgehead atoms. The molecule has 2 aromatic carbocycles. The lowest BCUT2D eigenvalue weighted by Crippen LogP contribution is -2.14. The van der Waals surface area contributed by atoms with E-state index >= 15 is 0 Å². The van der Waals surface area contributed by atoms with Crippen LogP contribution in [0.4, 0.5) is 5.69 Å². The minimum Gasteiger partial charge on any atom is -0.492 e. The molecule has 0 fully saturated rings. The van der Waals surface area contributed by atoms with Gasteiger partial charge in [0.2, 0.25) is 0 Å². The number of sulfonamides is 1. The third-order valence-electron chi connectivity index (χ3n) is 4.18. The Morgan fingerprint density at radius 2 is 1.92 bits per heavy atom. The summed E-state index contributed by atoms with van der Waals surface area (Å²) < 4.78 is 39.4. The van der Waals surface area contributed by atoms with Crippen LogP contribution in [0.2, 0.25) is 0 Å². The zero-order valence-corrected chi connectivity index (χ0v) is 15.5. The van der Waals surface area contributed by atoms with Crippen molar-refractivity contribution >= 4 is 15.7 Å². The summed E-state index contributed by atoms with van der Waals surface area (Å²) in [6, 6.07) is 10.5. The zero-order chi connectivity index (χ0) is 18.0. The van der Waals surface area contributed by atoms with Crippen LogP contribution >= 0.6 is 0 Å². The highest BCUT2D eigenvalue weighted by atomic mass is 32.2. The Balaban J connectivity index is 1.94. The summed E-state index contributed by atoms with van der Waals surface area (Å²) in [6.07, 6.45) is 1.74. The number of ether oxygens (including phenoxy) is 2. The van der Waals surface area contributed by atoms with Crippen LogP contribution in [0.25, 0.3) is 0 Å². The Bertz CT molecular complexity index is 860. The van der Waals surface area contributed by atoms with Gasteiger partial charge < -0.3 is 9.47 Å². The number of benzene rings is 2. The third-order valence-corrected chi connectivity index (χ3v) is 5.57. The summed E-state index contributed by atoms with van der Waals surface area (Å²) in [7, 11) is -3.70. The first kappa shape index (κ1) is 17.6. The molecule has 0 aliphatic carbocycles. The van der Waals surface area contributed by atoms with Gasteiger partial charge in [0, 0.05) is 18.1 Å². The van der Waals surface area contributed by atoms with Crippen LogP contribution in [0.15, 0.2) is 41.3 Å². The fourth-order valence-corrected chi connectivity index (χ4v) is 3.96. The molecule has 1 heterocycles. The summed E-state index contributed by atoms with van der Waals surface area (Å²) in [5.74, 6) is 1.22. The minimum atomic E-state index is -3.70. The molecule has 0 unspecified atom stereocenters. The smallest absolute Gasteiger partial charge is 0.262 e. The molecule has 3 rings (SSSR count). The quantitative estimate of drug-likeness (QED) is 0.851. The maximum atomic E-state index is 12.7. The number of hydrogen-bond donors (Lipinski definition) is 1. The van der Waals surface area contributed by atoms with Crippen molar-refractivity contribution in [1.82, 2.24) is 0 Å². The molecular weight excluding hydrogens is 338 g/mol. The molecule has 0 saturated heterocycles. The van der Waals surface area contributed by atoms with Crippen molar-refractivity contribution in [3.05, 3.63) is 47.5 Å². The molecule has 0 saturated carbocycles. The molecule has 1 atom stereocenters. The van der Waals surface area contributed by atoms with Crippen molar-refractivity contribution in [3.63, 3.8) is 0 Å². The fraction of sp³-hybridized carbons (Fsp3) is 0.368. The second-order valence-electron chi connectivity index (χ2n) is 6.12. The van der Waals surface area contributed by atoms with Gasteiger partial charge in [0.25, 0.3) is 10.0 Å². The number of nitrogens with one attached hydrogen (secondary N) is 1. The predicted molar refractivity (Wildman–Crippen MR) is 98.0 cm³/mol. The van der Waals surface area contributed by atoms with Crippen LogP contribution in [0, 0.1) is 0 Å². The van der Waals surface area contributed by atoms with Crippen molar-refractivity contribution < 1.29 is 17.9 Å². The van der Waals surface area contributed by atoms with E-state index < -0.39 is 10.0 Å². The van der Waals surface area contributed by atoms with E-state index in [-0.39, 0.29) is 11.0 Å². The standard InChI is InChI=1S/C19H23NO4S/c1-4-14-6-8-16(9-7-14)25(21,22)20-17-12-18-15(10-13(3)24-18)11-19(17)23-5-2/h6-9,11-13,20H,4-5,10H2,1-3H3/t13-/m1/s1. The van der Waals surface area contributed by atoms with Crippen molar-refractivity contribution in [2.45, 2.75) is 44.6 Å². The van der Waals surface area contributed by atoms with Crippen molar-refractivity contribution in [3.8, 4) is 11.5 Å². The number of rotatable bonds is 6. The monoisotopic (exact) mass is 361 g/mol. The Labute approximate surface area is 149 Å². The van der Waals surface area contributed by atoms with Crippen molar-refractivity contribution in [2.24, 2.45) is 0 Å². The third kappa shape index (κ3) is 3.74. The summed E-state index contributed by atoms with van der Waals surface area (Å²) in [6.45, 7) is 6.34. The first-order chi connectivity index (χ1) is 11.9. The largest absolute Gasteiger partial charge is 0.492 e. The van der Waals surface area contributed by atoms with Gasteiger partial charge in [-0.1, -0.05) is 19.1 Å². The summed E-state index contributed by atoms with van der Waals surface area (Å²) in [4.78, 5) is 0.224. The highest BCUT2D eigenvalue weighted by molar-refractivity contribution is 7.92. The van der Waals surface area contributed by atoms with E-state index in [1.807, 2.05) is 39.0 Å². The molecule has 5 nitrogen and oxygen atoms in total. The fourth-order valence-electron chi connectivity index (χ4n) is 2.90. The zero-order valence-electron chi connectivity index (χ0n) is 14.7. The second-order valence-corrected chi connectivity index (χ2v) is 7.81. The van der Waals surface area contributed by atoms with Crippen LogP contribution in [0.3, 0.4) is 0 Å². The summed E-state index contributed by atoms with van der Waals surface area (Å²) in [5.41, 5.74) is 2.52. The van der Waals surface area contributed by atoms with Gasteiger partial charge in [0.1, 0.15) is 17.6 Å². The molecule has 0 amide bonds. The van der Waals surface area contributed by atoms with Gasteiger partial charge in [-0.15, -0.1) is 0 Å². The summed E-state index contributed by atoms with van der Waals surface area (Å²) in [5, 5.41) is 0. The van der Waals surface area contributed by atoms with E-state index in [4.69, 9.17) is 9.47 Å². The molecule has 1 aliphatic rings. The Morgan fingerprint density at radius 3 is 2.56 bits per heavy atom. The van der Waals surface area contributed by atoms with Crippen LogP contribution in [0.1, 0.15) is 31.9 Å². The molecule has 1 aliphatic heterocycles. The SMILES string of the molecule is CCOc1cc2c(cc1NS(=O)(=O)c1ccc(CC)cc1)O[C@H](C)C2. The lowest BCUT2D eigenvalue weighted by Gasteiger charge is -2.15. The molecule has 2 aromatic rings. The maximum Gasteiger partial charge on any atom is 0.262 e. The average molecular weight is 361 g/mol. The van der Waals surface area contributed by atoms with E-state index in [2.05, 4.69) is 4.72 Å². The second kappa shape index (κ2) is 6.96. The van der Waals surface area contributed by atoms with E-state index in [0.717, 1.165) is 24.0 Å². The molecular formula is C19H23NO4S. The lowest BCUT2D eigenvalue weighted by molar-refractivity contribution is 0.254. The van der Waals surface area contributed by atoms with Gasteiger partial charge in [0.15, 0.2) is 0 Å². The van der Waals surface area contributed by atoms with E-state index in [0.29, 0.717) is 23.8 Å². The van der Waals surface area contributed by atoms with Crippen LogP contribution in [-0.2, 0) is 22.9 Å². The Hall–Kier alpha value is -2.21. The van der Waals surface area contributed by atoms with Gasteiger partial charge in [-0.05, 0) is 44.0 Å². The average Bonchev–Trinajstić information content (AvgIpc) is 2.94. The van der Waals surface area contributed by atoms with Gasteiger partial charge in [-0.25, -0.2) is 8.42 Å². The van der Waals surface area contributed by atoms with Crippen LogP contribution in [0.5, 0.6) is 11.5 Å². The Morgan fingerprint density at radius 1 is 1.20 bits per heavy atom. The Kier molecular flexibility index (Phi) is 4.90. The van der Waals surface area contributed by atoms with Gasteiger partial charge in [-0.3, -0.25) is 4.72 Å². The van der Waals surface area contributed by atoms with Crippen molar-refractivity contribution in [1.29, 1.82) is 0 Å². The van der Waals surface area contributed by atoms with Gasteiger partial charge in [-0.2, -0.15) is 0 Å². The molecule has 134 valence electrons. The number of anilines is 1. The highest BCUT2D eigenvalue weighted by Crippen LogP contribution is 2.38. The van der Waals surface area contributed by atoms with Gasteiger partial charge >= 0.3 is 0 Å². The van der Waals surface area contributed by atoms with E-state index in [1.165, 1.54) is 0 Å². The molecule has 1 N–H and O–H groups in total. The van der Waals surface area contributed by atoms with Crippen LogP contribution < -0.4 is 14.2 Å². The van der Waals surface area contributed by atoms with E-state index in [1.54, 1.807) is 18.2 Å². The van der Waals surface area contributed by atoms with Gasteiger partial charge in [0.05, 0.1) is 17.2 Å². The first-order valence-corrected chi connectivity index (χ1v) is 9.99. The minimum absolute atomic E-state index is 0.0814. The number of hydrogen-bond acceptors (Lipinski definition) is 4. The van der Waals surface area contributed by atoms with Crippen molar-refractivity contribution in [2.75, 3.05) is 11.3 Å². The summed E-state index contributed by atoms with van der Waals surface area (Å²) >= 11 is 0. The molecule has 0 radical (unpaired) electrons. The maximum absolute atomic E-state index is 12.7. The topological polar surface area (TPSA) is 64.6 Å². The first-order valence-electron chi connectivity index (χ1n) is 8.51. The molecule has 25 heavy (non-hydrogen) atoms. The van der Waals surface area contributed by atoms with Crippen LogP contribution in [-0.4, -0.2) is 21.1 Å². The van der Waals surface area contributed by atoms with E-state index in [9.17, 15) is 8.42 Å². The number of aryl methyl sites for hydroxylation is 1. The molecule has 6 heteroatoms. The highest BCUT2D eigenvalue weighted by Gasteiger charge is 2.24. The molecule has 0 aromatic heterocycles.